The normalized spacial score (nSPS) is 10.1. The number of terminal acetylenes is 1. The molecule has 4 heteroatoms. The fourth-order valence-electron chi connectivity index (χ4n) is 1.46. The maximum Gasteiger partial charge on any atom is 0.317 e. The van der Waals surface area contributed by atoms with Crippen LogP contribution in [0.5, 0.6) is 5.75 Å². The highest BCUT2D eigenvalue weighted by atomic mass is 16.5. The van der Waals surface area contributed by atoms with Crippen LogP contribution in [0, 0.1) is 19.3 Å². The maximum atomic E-state index is 10.6. The third-order valence-electron chi connectivity index (χ3n) is 2.37. The summed E-state index contributed by atoms with van der Waals surface area (Å²) in [7, 11) is 0. The number of carboxylic acid groups (broad SMARTS) is 1. The van der Waals surface area contributed by atoms with E-state index in [1.165, 1.54) is 5.56 Å². The molecule has 1 aromatic rings. The molecule has 0 fully saturated rings. The molecule has 1 N–H and O–H groups in total. The summed E-state index contributed by atoms with van der Waals surface area (Å²) in [5.41, 5.74) is 1.17. The van der Waals surface area contributed by atoms with E-state index in [0.29, 0.717) is 19.7 Å². The van der Waals surface area contributed by atoms with Gasteiger partial charge in [-0.3, -0.25) is 9.69 Å². The molecule has 0 aliphatic carbocycles. The summed E-state index contributed by atoms with van der Waals surface area (Å²) in [6.45, 7) is 3.15. The summed E-state index contributed by atoms with van der Waals surface area (Å²) in [5.74, 6) is 2.32. The SMILES string of the molecule is C#CCN(CCOc1ccc(C)cc1)CC(=O)O. The summed E-state index contributed by atoms with van der Waals surface area (Å²) in [6.07, 6.45) is 5.18. The van der Waals surface area contributed by atoms with Gasteiger partial charge in [-0.15, -0.1) is 6.42 Å². The minimum Gasteiger partial charge on any atom is -0.492 e. The van der Waals surface area contributed by atoms with Crippen LogP contribution in [-0.2, 0) is 4.79 Å². The van der Waals surface area contributed by atoms with Crippen LogP contribution in [0.15, 0.2) is 24.3 Å². The molecule has 0 saturated carbocycles. The molecular weight excluding hydrogens is 230 g/mol. The van der Waals surface area contributed by atoms with Gasteiger partial charge >= 0.3 is 5.97 Å². The summed E-state index contributed by atoms with van der Waals surface area (Å²) in [4.78, 5) is 12.3. The average molecular weight is 247 g/mol. The van der Waals surface area contributed by atoms with Crippen LogP contribution in [0.4, 0.5) is 0 Å². The molecule has 96 valence electrons. The molecule has 0 radical (unpaired) electrons. The average Bonchev–Trinajstić information content (AvgIpc) is 2.31. The number of carboxylic acids is 1. The van der Waals surface area contributed by atoms with Crippen LogP contribution in [-0.4, -0.2) is 42.2 Å². The third kappa shape index (κ3) is 5.37. The topological polar surface area (TPSA) is 49.8 Å². The Morgan fingerprint density at radius 1 is 1.44 bits per heavy atom. The van der Waals surface area contributed by atoms with E-state index in [-0.39, 0.29) is 6.54 Å². The first kappa shape index (κ1) is 14.1. The van der Waals surface area contributed by atoms with Gasteiger partial charge < -0.3 is 9.84 Å². The minimum absolute atomic E-state index is 0.0680. The van der Waals surface area contributed by atoms with Crippen LogP contribution in [0.1, 0.15) is 5.56 Å². The van der Waals surface area contributed by atoms with Gasteiger partial charge in [-0.25, -0.2) is 0 Å². The van der Waals surface area contributed by atoms with Gasteiger partial charge in [0.25, 0.3) is 0 Å². The van der Waals surface area contributed by atoms with Crippen molar-refractivity contribution in [3.05, 3.63) is 29.8 Å². The van der Waals surface area contributed by atoms with Gasteiger partial charge in [0.2, 0.25) is 0 Å². The molecule has 0 aromatic heterocycles. The Bertz CT molecular complexity index is 420. The molecule has 1 aromatic carbocycles. The lowest BCUT2D eigenvalue weighted by molar-refractivity contribution is -0.138. The summed E-state index contributed by atoms with van der Waals surface area (Å²) in [5, 5.41) is 8.71. The predicted molar refractivity (Wildman–Crippen MR) is 69.6 cm³/mol. The van der Waals surface area contributed by atoms with Crippen molar-refractivity contribution in [3.8, 4) is 18.1 Å². The third-order valence-corrected chi connectivity index (χ3v) is 2.37. The van der Waals surface area contributed by atoms with Crippen molar-refractivity contribution in [1.29, 1.82) is 0 Å². The monoisotopic (exact) mass is 247 g/mol. The zero-order valence-corrected chi connectivity index (χ0v) is 10.4. The molecular formula is C14H17NO3. The second kappa shape index (κ2) is 7.36. The van der Waals surface area contributed by atoms with Gasteiger partial charge in [-0.2, -0.15) is 0 Å². The molecule has 0 bridgehead atoms. The Labute approximate surface area is 107 Å². The highest BCUT2D eigenvalue weighted by Gasteiger charge is 2.08. The van der Waals surface area contributed by atoms with Crippen molar-refractivity contribution in [3.63, 3.8) is 0 Å². The molecule has 1 rings (SSSR count). The van der Waals surface area contributed by atoms with Gasteiger partial charge in [0.05, 0.1) is 13.1 Å². The molecule has 0 amide bonds. The van der Waals surface area contributed by atoms with Gasteiger partial charge in [0.1, 0.15) is 12.4 Å². The quantitative estimate of drug-likeness (QED) is 0.740. The van der Waals surface area contributed by atoms with E-state index in [4.69, 9.17) is 16.3 Å². The summed E-state index contributed by atoms with van der Waals surface area (Å²) in [6, 6.07) is 7.70. The molecule has 0 aliphatic heterocycles. The fourth-order valence-corrected chi connectivity index (χ4v) is 1.46. The van der Waals surface area contributed by atoms with E-state index < -0.39 is 5.97 Å². The highest BCUT2D eigenvalue weighted by molar-refractivity contribution is 5.69. The number of hydrogen-bond acceptors (Lipinski definition) is 3. The van der Waals surface area contributed by atoms with E-state index in [1.807, 2.05) is 31.2 Å². The first-order chi connectivity index (χ1) is 8.61. The second-order valence-corrected chi connectivity index (χ2v) is 3.97. The number of ether oxygens (including phenoxy) is 1. The number of aryl methyl sites for hydroxylation is 1. The Hall–Kier alpha value is -1.99. The van der Waals surface area contributed by atoms with E-state index in [1.54, 1.807) is 4.90 Å². The second-order valence-electron chi connectivity index (χ2n) is 3.97. The smallest absolute Gasteiger partial charge is 0.317 e. The summed E-state index contributed by atoms with van der Waals surface area (Å²) < 4.78 is 5.52. The van der Waals surface area contributed by atoms with E-state index in [9.17, 15) is 4.79 Å². The van der Waals surface area contributed by atoms with E-state index >= 15 is 0 Å². The van der Waals surface area contributed by atoms with Crippen molar-refractivity contribution in [2.75, 3.05) is 26.2 Å². The molecule has 0 saturated heterocycles. The Balaban J connectivity index is 2.36. The van der Waals surface area contributed by atoms with Crippen molar-refractivity contribution in [2.45, 2.75) is 6.92 Å². The molecule has 4 nitrogen and oxygen atoms in total. The van der Waals surface area contributed by atoms with Crippen LogP contribution in [0.25, 0.3) is 0 Å². The fraction of sp³-hybridized carbons (Fsp3) is 0.357. The standard InChI is InChI=1S/C14H17NO3/c1-3-8-15(11-14(16)17)9-10-18-13-6-4-12(2)5-7-13/h1,4-7H,8-11H2,2H3,(H,16,17). The lowest BCUT2D eigenvalue weighted by Crippen LogP contribution is -2.33. The molecule has 18 heavy (non-hydrogen) atoms. The van der Waals surface area contributed by atoms with Crippen LogP contribution >= 0.6 is 0 Å². The largest absolute Gasteiger partial charge is 0.492 e. The zero-order valence-electron chi connectivity index (χ0n) is 10.4. The van der Waals surface area contributed by atoms with E-state index in [2.05, 4.69) is 5.92 Å². The Kier molecular flexibility index (Phi) is 5.75. The number of hydrogen-bond donors (Lipinski definition) is 1. The van der Waals surface area contributed by atoms with E-state index in [0.717, 1.165) is 5.75 Å². The lowest BCUT2D eigenvalue weighted by atomic mass is 10.2. The highest BCUT2D eigenvalue weighted by Crippen LogP contribution is 2.11. The number of carbonyl (C=O) groups is 1. The van der Waals surface area contributed by atoms with Gasteiger partial charge in [-0.05, 0) is 19.1 Å². The predicted octanol–water partition coefficient (Wildman–Crippen LogP) is 1.39. The first-order valence-electron chi connectivity index (χ1n) is 5.69. The van der Waals surface area contributed by atoms with Gasteiger partial charge in [0, 0.05) is 6.54 Å². The van der Waals surface area contributed by atoms with Crippen LogP contribution in [0.3, 0.4) is 0 Å². The summed E-state index contributed by atoms with van der Waals surface area (Å²) >= 11 is 0. The molecule has 0 spiro atoms. The Morgan fingerprint density at radius 3 is 2.67 bits per heavy atom. The van der Waals surface area contributed by atoms with Crippen molar-refractivity contribution in [1.82, 2.24) is 4.90 Å². The molecule has 0 heterocycles. The Morgan fingerprint density at radius 2 is 2.11 bits per heavy atom. The van der Waals surface area contributed by atoms with Crippen LogP contribution < -0.4 is 4.74 Å². The lowest BCUT2D eigenvalue weighted by Gasteiger charge is -2.17. The number of rotatable bonds is 7. The number of aliphatic carboxylic acids is 1. The maximum absolute atomic E-state index is 10.6. The molecule has 0 unspecified atom stereocenters. The van der Waals surface area contributed by atoms with Crippen molar-refractivity contribution < 1.29 is 14.6 Å². The van der Waals surface area contributed by atoms with Crippen molar-refractivity contribution >= 4 is 5.97 Å². The van der Waals surface area contributed by atoms with Crippen molar-refractivity contribution in [2.24, 2.45) is 0 Å². The van der Waals surface area contributed by atoms with Gasteiger partial charge in [-0.1, -0.05) is 23.6 Å². The van der Waals surface area contributed by atoms with Crippen LogP contribution in [0.2, 0.25) is 0 Å². The first-order valence-corrected chi connectivity index (χ1v) is 5.69. The number of benzene rings is 1. The number of nitrogens with zero attached hydrogens (tertiary/aromatic N) is 1. The molecule has 0 atom stereocenters. The van der Waals surface area contributed by atoms with Gasteiger partial charge in [0.15, 0.2) is 0 Å². The minimum atomic E-state index is -0.888. The zero-order chi connectivity index (χ0) is 13.4. The molecule has 0 aliphatic rings.